The van der Waals surface area contributed by atoms with Crippen LogP contribution in [0.3, 0.4) is 0 Å². The number of hydrogen-bond acceptors (Lipinski definition) is 3. The highest BCUT2D eigenvalue weighted by Crippen LogP contribution is 2.60. The molecule has 0 unspecified atom stereocenters. The molecule has 3 aliphatic carbocycles. The van der Waals surface area contributed by atoms with E-state index in [4.69, 9.17) is 4.74 Å². The first kappa shape index (κ1) is 20.4. The second kappa shape index (κ2) is 8.18. The molecule has 1 saturated heterocycles. The molecule has 5 atom stereocenters. The van der Waals surface area contributed by atoms with Crippen LogP contribution in [0.4, 0.5) is 0 Å². The van der Waals surface area contributed by atoms with Gasteiger partial charge in [0.2, 0.25) is 5.91 Å². The number of ether oxygens (including phenoxy) is 1. The Morgan fingerprint density at radius 1 is 1.20 bits per heavy atom. The van der Waals surface area contributed by atoms with Gasteiger partial charge in [-0.05, 0) is 104 Å². The smallest absolute Gasteiger partial charge is 0.222 e. The Bertz CT molecular complexity index is 793. The van der Waals surface area contributed by atoms with E-state index < -0.39 is 0 Å². The molecule has 0 aromatic heterocycles. The van der Waals surface area contributed by atoms with E-state index in [1.54, 1.807) is 12.7 Å². The van der Waals surface area contributed by atoms with Crippen molar-refractivity contribution in [3.05, 3.63) is 29.3 Å². The quantitative estimate of drug-likeness (QED) is 0.701. The molecule has 1 aromatic rings. The number of nitrogens with zero attached hydrogens (tertiary/aromatic N) is 1. The monoisotopic (exact) mass is 410 g/mol. The summed E-state index contributed by atoms with van der Waals surface area (Å²) in [5.74, 6) is 3.81. The van der Waals surface area contributed by atoms with Crippen molar-refractivity contribution in [2.45, 2.75) is 76.7 Å². The van der Waals surface area contributed by atoms with Gasteiger partial charge in [0, 0.05) is 25.6 Å². The van der Waals surface area contributed by atoms with Gasteiger partial charge in [0.05, 0.1) is 7.11 Å². The van der Waals surface area contributed by atoms with Gasteiger partial charge in [0.1, 0.15) is 5.75 Å². The van der Waals surface area contributed by atoms with E-state index in [1.165, 1.54) is 44.1 Å². The van der Waals surface area contributed by atoms with Crippen LogP contribution in [0.1, 0.15) is 75.3 Å². The zero-order valence-corrected chi connectivity index (χ0v) is 18.8. The molecule has 4 heteroatoms. The minimum Gasteiger partial charge on any atom is -0.497 e. The molecule has 30 heavy (non-hydrogen) atoms. The van der Waals surface area contributed by atoms with Crippen LogP contribution >= 0.6 is 0 Å². The molecule has 0 spiro atoms. The van der Waals surface area contributed by atoms with Gasteiger partial charge in [-0.25, -0.2) is 0 Å². The molecule has 2 saturated carbocycles. The van der Waals surface area contributed by atoms with Gasteiger partial charge in [0.15, 0.2) is 0 Å². The van der Waals surface area contributed by atoms with Crippen molar-refractivity contribution in [1.29, 1.82) is 0 Å². The highest BCUT2D eigenvalue weighted by atomic mass is 16.5. The van der Waals surface area contributed by atoms with Gasteiger partial charge in [-0.2, -0.15) is 0 Å². The van der Waals surface area contributed by atoms with Crippen molar-refractivity contribution >= 4 is 5.91 Å². The van der Waals surface area contributed by atoms with E-state index in [0.717, 1.165) is 62.4 Å². The Hall–Kier alpha value is -1.55. The second-order valence-corrected chi connectivity index (χ2v) is 10.4. The maximum absolute atomic E-state index is 11.8. The summed E-state index contributed by atoms with van der Waals surface area (Å²) in [5, 5.41) is 3.94. The van der Waals surface area contributed by atoms with Gasteiger partial charge >= 0.3 is 0 Å². The number of amides is 1. The number of methoxy groups -OCH3 is 1. The summed E-state index contributed by atoms with van der Waals surface area (Å²) in [6.07, 6.45) is 10.8. The van der Waals surface area contributed by atoms with E-state index >= 15 is 0 Å². The summed E-state index contributed by atoms with van der Waals surface area (Å²) in [6, 6.07) is 7.45. The first-order valence-corrected chi connectivity index (χ1v) is 12.3. The number of hydrogen-bond donors (Lipinski definition) is 1. The summed E-state index contributed by atoms with van der Waals surface area (Å²) >= 11 is 0. The molecule has 4 nitrogen and oxygen atoms in total. The first-order valence-electron chi connectivity index (χ1n) is 12.3. The largest absolute Gasteiger partial charge is 0.497 e. The molecule has 3 fully saturated rings. The van der Waals surface area contributed by atoms with Crippen LogP contribution in [-0.4, -0.2) is 43.6 Å². The third kappa shape index (κ3) is 3.45. The summed E-state index contributed by atoms with van der Waals surface area (Å²) in [7, 11) is 1.77. The number of carbonyl (C=O) groups excluding carboxylic acids is 1. The van der Waals surface area contributed by atoms with Crippen LogP contribution in [0, 0.1) is 17.3 Å². The summed E-state index contributed by atoms with van der Waals surface area (Å²) < 4.78 is 5.47. The van der Waals surface area contributed by atoms with Crippen LogP contribution in [0.5, 0.6) is 5.75 Å². The molecule has 1 N–H and O–H groups in total. The number of carbonyl (C=O) groups is 1. The van der Waals surface area contributed by atoms with Crippen molar-refractivity contribution < 1.29 is 9.53 Å². The van der Waals surface area contributed by atoms with Crippen molar-refractivity contribution in [1.82, 2.24) is 10.2 Å². The molecular weight excluding hydrogens is 372 g/mol. The molecule has 0 radical (unpaired) electrons. The molecule has 1 heterocycles. The normalized spacial score (nSPS) is 35.1. The fraction of sp³-hybridized carbons (Fsp3) is 0.731. The van der Waals surface area contributed by atoms with Crippen LogP contribution in [0.2, 0.25) is 0 Å². The van der Waals surface area contributed by atoms with Crippen molar-refractivity contribution in [3.8, 4) is 5.75 Å². The van der Waals surface area contributed by atoms with Crippen LogP contribution in [0.15, 0.2) is 18.2 Å². The van der Waals surface area contributed by atoms with Gasteiger partial charge in [-0.1, -0.05) is 13.0 Å². The molecule has 1 amide bonds. The van der Waals surface area contributed by atoms with Gasteiger partial charge in [-0.3, -0.25) is 4.79 Å². The lowest BCUT2D eigenvalue weighted by Crippen LogP contribution is -2.49. The topological polar surface area (TPSA) is 41.6 Å². The predicted molar refractivity (Wildman–Crippen MR) is 120 cm³/mol. The minimum atomic E-state index is 0.358. The Morgan fingerprint density at radius 2 is 2.10 bits per heavy atom. The van der Waals surface area contributed by atoms with E-state index in [1.807, 2.05) is 0 Å². The average molecular weight is 411 g/mol. The third-order valence-electron chi connectivity index (χ3n) is 9.10. The lowest BCUT2D eigenvalue weighted by atomic mass is 9.55. The SMILES string of the molecule is COc1ccc2c(c1)CC[C@@H]1[C@@H]2CC[C@]2(C)[C@@H](NCCCN3CCCC3=O)CC[C@@H]12. The molecule has 5 rings (SSSR count). The van der Waals surface area contributed by atoms with Gasteiger partial charge in [-0.15, -0.1) is 0 Å². The number of fused-ring (bicyclic) bond motifs is 5. The highest BCUT2D eigenvalue weighted by Gasteiger charge is 2.54. The Labute approximate surface area is 181 Å². The zero-order chi connectivity index (χ0) is 20.7. The lowest BCUT2D eigenvalue weighted by Gasteiger charge is -2.51. The first-order chi connectivity index (χ1) is 14.6. The van der Waals surface area contributed by atoms with Crippen LogP contribution in [0.25, 0.3) is 0 Å². The molecule has 164 valence electrons. The summed E-state index contributed by atoms with van der Waals surface area (Å²) in [6.45, 7) is 5.53. The highest BCUT2D eigenvalue weighted by molar-refractivity contribution is 5.77. The maximum atomic E-state index is 11.8. The second-order valence-electron chi connectivity index (χ2n) is 10.4. The number of rotatable bonds is 6. The standard InChI is InChI=1S/C26H38N2O2/c1-26-13-12-21-20-9-7-19(30-2)17-18(20)6-8-22(21)23(26)10-11-24(26)27-14-4-16-28-15-3-5-25(28)29/h7,9,17,21-24,27H,3-6,8,10-16H2,1-2H3/t21-,22-,23+,24+,26+/m1/s1. The van der Waals surface area contributed by atoms with E-state index in [0.29, 0.717) is 17.4 Å². The average Bonchev–Trinajstić information content (AvgIpc) is 3.32. The van der Waals surface area contributed by atoms with Crippen molar-refractivity contribution in [2.24, 2.45) is 17.3 Å². The molecule has 1 aromatic carbocycles. The Morgan fingerprint density at radius 3 is 2.90 bits per heavy atom. The van der Waals surface area contributed by atoms with Gasteiger partial charge < -0.3 is 15.0 Å². The fourth-order valence-corrected chi connectivity index (χ4v) is 7.51. The molecular formula is C26H38N2O2. The van der Waals surface area contributed by atoms with Crippen molar-refractivity contribution in [3.63, 3.8) is 0 Å². The molecule has 4 aliphatic rings. The number of aryl methyl sites for hydroxylation is 1. The maximum Gasteiger partial charge on any atom is 0.222 e. The number of likely N-dealkylation sites (tertiary alicyclic amines) is 1. The molecule has 1 aliphatic heterocycles. The summed E-state index contributed by atoms with van der Waals surface area (Å²) in [4.78, 5) is 13.9. The number of nitrogens with one attached hydrogen (secondary N) is 1. The number of benzene rings is 1. The van der Waals surface area contributed by atoms with E-state index in [2.05, 4.69) is 35.3 Å². The van der Waals surface area contributed by atoms with Crippen LogP contribution < -0.4 is 10.1 Å². The third-order valence-corrected chi connectivity index (χ3v) is 9.10. The lowest BCUT2D eigenvalue weighted by molar-refractivity contribution is -0.127. The fourth-order valence-electron chi connectivity index (χ4n) is 7.51. The minimum absolute atomic E-state index is 0.358. The van der Waals surface area contributed by atoms with Crippen LogP contribution in [-0.2, 0) is 11.2 Å². The van der Waals surface area contributed by atoms with Gasteiger partial charge in [0.25, 0.3) is 0 Å². The summed E-state index contributed by atoms with van der Waals surface area (Å²) in [5.41, 5.74) is 3.58. The Kier molecular flexibility index (Phi) is 5.55. The van der Waals surface area contributed by atoms with Crippen molar-refractivity contribution in [2.75, 3.05) is 26.7 Å². The Balaban J connectivity index is 1.21. The zero-order valence-electron chi connectivity index (χ0n) is 18.8. The van der Waals surface area contributed by atoms with E-state index in [-0.39, 0.29) is 0 Å². The molecule has 0 bridgehead atoms. The predicted octanol–water partition coefficient (Wildman–Crippen LogP) is 4.52. The van der Waals surface area contributed by atoms with E-state index in [9.17, 15) is 4.79 Å².